The van der Waals surface area contributed by atoms with E-state index in [0.717, 1.165) is 50.8 Å². The molecule has 0 saturated heterocycles. The van der Waals surface area contributed by atoms with E-state index in [1.54, 1.807) is 6.26 Å². The first-order valence-electron chi connectivity index (χ1n) is 11.8. The van der Waals surface area contributed by atoms with Crippen molar-refractivity contribution in [3.8, 4) is 22.8 Å². The van der Waals surface area contributed by atoms with Crippen molar-refractivity contribution in [2.24, 2.45) is 12.5 Å². The van der Waals surface area contributed by atoms with Gasteiger partial charge in [-0.05, 0) is 41.2 Å². The summed E-state index contributed by atoms with van der Waals surface area (Å²) in [5.74, 6) is 1.82. The fraction of sp³-hybridized carbons (Fsp3) is 0.233. The number of rotatable bonds is 1. The van der Waals surface area contributed by atoms with E-state index in [-0.39, 0.29) is 5.41 Å². The molecule has 0 spiro atoms. The first kappa shape index (κ1) is 19.7. The van der Waals surface area contributed by atoms with Crippen molar-refractivity contribution in [3.63, 3.8) is 0 Å². The quantitative estimate of drug-likeness (QED) is 0.239. The summed E-state index contributed by atoms with van der Waals surface area (Å²) in [4.78, 5) is 0. The second kappa shape index (κ2) is 6.41. The summed E-state index contributed by atoms with van der Waals surface area (Å²) in [5, 5.41) is 5.62. The predicted molar refractivity (Wildman–Crippen MR) is 136 cm³/mol. The van der Waals surface area contributed by atoms with Crippen LogP contribution in [0.1, 0.15) is 31.9 Å². The average molecular weight is 449 g/mol. The zero-order valence-corrected chi connectivity index (χ0v) is 20.1. The standard InChI is InChI=1S/C30H26NO3/c1-16-17-8-6-7-9-18(17)21(15-30(2,3)4)29-24(16)26-25-19(10-12-31(26)5)27-20(14-23(25)34-29)28-22(33-27)11-13-32-28/h6-14H,15H2,1-5H3/q+1. The summed E-state index contributed by atoms with van der Waals surface area (Å²) in [6.45, 7) is 9.07. The number of nitrogens with zero attached hydrogens (tertiary/aromatic N) is 1. The van der Waals surface area contributed by atoms with Crippen LogP contribution in [-0.4, -0.2) is 0 Å². The molecule has 0 amide bonds. The van der Waals surface area contributed by atoms with E-state index in [1.165, 1.54) is 33.2 Å². The van der Waals surface area contributed by atoms with Crippen LogP contribution in [0.15, 0.2) is 63.8 Å². The third-order valence-corrected chi connectivity index (χ3v) is 7.11. The molecule has 0 fully saturated rings. The summed E-state index contributed by atoms with van der Waals surface area (Å²) in [6, 6.07) is 14.8. The minimum absolute atomic E-state index is 0.110. The molecule has 0 radical (unpaired) electrons. The maximum atomic E-state index is 6.88. The van der Waals surface area contributed by atoms with E-state index in [0.29, 0.717) is 0 Å². The molecule has 1 aliphatic heterocycles. The number of ether oxygens (including phenoxy) is 1. The van der Waals surface area contributed by atoms with Gasteiger partial charge in [-0.3, -0.25) is 0 Å². The highest BCUT2D eigenvalue weighted by atomic mass is 16.5. The van der Waals surface area contributed by atoms with Gasteiger partial charge in [0, 0.05) is 23.1 Å². The van der Waals surface area contributed by atoms with Crippen molar-refractivity contribution >= 4 is 43.7 Å². The van der Waals surface area contributed by atoms with Gasteiger partial charge in [-0.2, -0.15) is 0 Å². The van der Waals surface area contributed by atoms with Crippen LogP contribution in [0.5, 0.6) is 11.5 Å². The molecule has 3 aromatic carbocycles. The fourth-order valence-electron chi connectivity index (χ4n) is 5.71. The van der Waals surface area contributed by atoms with Gasteiger partial charge in [0.05, 0.1) is 17.2 Å². The number of fused-ring (bicyclic) bond motifs is 7. The number of benzene rings is 3. The van der Waals surface area contributed by atoms with Crippen LogP contribution in [0, 0.1) is 12.3 Å². The summed E-state index contributed by atoms with van der Waals surface area (Å²) < 4.78 is 21.1. The molecule has 0 bridgehead atoms. The van der Waals surface area contributed by atoms with Crippen LogP contribution >= 0.6 is 0 Å². The van der Waals surface area contributed by atoms with Crippen molar-refractivity contribution in [1.82, 2.24) is 0 Å². The predicted octanol–water partition coefficient (Wildman–Crippen LogP) is 7.98. The molecule has 4 heterocycles. The van der Waals surface area contributed by atoms with Crippen molar-refractivity contribution in [1.29, 1.82) is 0 Å². The molecular weight excluding hydrogens is 422 g/mol. The van der Waals surface area contributed by atoms with Gasteiger partial charge in [0.25, 0.3) is 0 Å². The first-order valence-corrected chi connectivity index (χ1v) is 11.8. The minimum atomic E-state index is 0.110. The molecule has 4 nitrogen and oxygen atoms in total. The number of aryl methyl sites for hydroxylation is 2. The largest absolute Gasteiger partial charge is 0.460 e. The lowest BCUT2D eigenvalue weighted by Crippen LogP contribution is -2.32. The normalized spacial score (nSPS) is 13.2. The Bertz CT molecular complexity index is 1810. The van der Waals surface area contributed by atoms with E-state index in [4.69, 9.17) is 13.6 Å². The highest BCUT2D eigenvalue weighted by molar-refractivity contribution is 6.19. The van der Waals surface area contributed by atoms with Crippen LogP contribution in [0.25, 0.3) is 54.9 Å². The molecule has 1 aliphatic rings. The Labute approximate surface area is 197 Å². The molecular formula is C30H26NO3+. The zero-order valence-electron chi connectivity index (χ0n) is 20.1. The van der Waals surface area contributed by atoms with Crippen LogP contribution < -0.4 is 9.30 Å². The van der Waals surface area contributed by atoms with Crippen molar-refractivity contribution < 1.29 is 18.1 Å². The summed E-state index contributed by atoms with van der Waals surface area (Å²) in [6.07, 6.45) is 4.72. The summed E-state index contributed by atoms with van der Waals surface area (Å²) in [7, 11) is 2.11. The molecule has 34 heavy (non-hydrogen) atoms. The molecule has 168 valence electrons. The van der Waals surface area contributed by atoms with E-state index in [1.807, 2.05) is 6.07 Å². The third kappa shape index (κ3) is 2.51. The Morgan fingerprint density at radius 1 is 0.912 bits per heavy atom. The lowest BCUT2D eigenvalue weighted by atomic mass is 9.81. The second-order valence-corrected chi connectivity index (χ2v) is 10.7. The lowest BCUT2D eigenvalue weighted by molar-refractivity contribution is -0.659. The van der Waals surface area contributed by atoms with Crippen LogP contribution in [0.4, 0.5) is 0 Å². The number of hydrogen-bond donors (Lipinski definition) is 0. The van der Waals surface area contributed by atoms with E-state index < -0.39 is 0 Å². The molecule has 0 aliphatic carbocycles. The molecule has 0 N–H and O–H groups in total. The van der Waals surface area contributed by atoms with E-state index >= 15 is 0 Å². The highest BCUT2D eigenvalue weighted by Crippen LogP contribution is 2.53. The smallest absolute Gasteiger partial charge is 0.228 e. The van der Waals surface area contributed by atoms with Gasteiger partial charge in [-0.15, -0.1) is 0 Å². The van der Waals surface area contributed by atoms with Crippen molar-refractivity contribution in [2.45, 2.75) is 34.1 Å². The molecule has 6 aromatic rings. The third-order valence-electron chi connectivity index (χ3n) is 7.11. The molecule has 3 aromatic heterocycles. The first-order chi connectivity index (χ1) is 16.3. The van der Waals surface area contributed by atoms with Crippen LogP contribution in [0.2, 0.25) is 0 Å². The minimum Gasteiger partial charge on any atom is -0.460 e. The fourth-order valence-corrected chi connectivity index (χ4v) is 5.71. The van der Waals surface area contributed by atoms with E-state index in [9.17, 15) is 0 Å². The van der Waals surface area contributed by atoms with Gasteiger partial charge in [-0.1, -0.05) is 45.0 Å². The maximum absolute atomic E-state index is 6.88. The lowest BCUT2D eigenvalue weighted by Gasteiger charge is -2.28. The molecule has 0 unspecified atom stereocenters. The second-order valence-electron chi connectivity index (χ2n) is 10.7. The summed E-state index contributed by atoms with van der Waals surface area (Å²) in [5.41, 5.74) is 7.33. The van der Waals surface area contributed by atoms with Gasteiger partial charge in [0.2, 0.25) is 5.69 Å². The molecule has 7 rings (SSSR count). The SMILES string of the molecule is Cc1c2c(c(CC(C)(C)C)c3ccccc13)Oc1cc3c4occc4oc3c3cc[n+](C)c-2c13. The Morgan fingerprint density at radius 2 is 1.71 bits per heavy atom. The Kier molecular flexibility index (Phi) is 3.71. The topological polar surface area (TPSA) is 39.4 Å². The van der Waals surface area contributed by atoms with Gasteiger partial charge < -0.3 is 13.6 Å². The zero-order chi connectivity index (χ0) is 23.4. The maximum Gasteiger partial charge on any atom is 0.228 e. The highest BCUT2D eigenvalue weighted by Gasteiger charge is 2.35. The molecule has 4 heteroatoms. The molecule has 0 saturated carbocycles. The number of furan rings is 2. The monoisotopic (exact) mass is 448 g/mol. The van der Waals surface area contributed by atoms with Crippen LogP contribution in [0.3, 0.4) is 0 Å². The van der Waals surface area contributed by atoms with E-state index in [2.05, 4.69) is 81.9 Å². The van der Waals surface area contributed by atoms with Crippen molar-refractivity contribution in [3.05, 3.63) is 66.1 Å². The van der Waals surface area contributed by atoms with Gasteiger partial charge in [0.1, 0.15) is 29.5 Å². The number of pyridine rings is 1. The van der Waals surface area contributed by atoms with Gasteiger partial charge in [0.15, 0.2) is 17.4 Å². The molecule has 0 atom stereocenters. The Morgan fingerprint density at radius 3 is 2.50 bits per heavy atom. The van der Waals surface area contributed by atoms with Crippen LogP contribution in [-0.2, 0) is 13.5 Å². The van der Waals surface area contributed by atoms with Gasteiger partial charge >= 0.3 is 0 Å². The van der Waals surface area contributed by atoms with Gasteiger partial charge in [-0.25, -0.2) is 4.57 Å². The van der Waals surface area contributed by atoms with Crippen molar-refractivity contribution in [2.75, 3.05) is 0 Å². The Hall–Kier alpha value is -3.79. The summed E-state index contributed by atoms with van der Waals surface area (Å²) >= 11 is 0. The number of aromatic nitrogens is 1. The Balaban J connectivity index is 1.68. The number of hydrogen-bond acceptors (Lipinski definition) is 3. The average Bonchev–Trinajstić information content (AvgIpc) is 3.39.